The van der Waals surface area contributed by atoms with E-state index in [-0.39, 0.29) is 18.1 Å². The SMILES string of the molecule is N#CCCN(Cc1ccco1)C(=O)CSc1nnc(-c2ccco2)n1-c1ccccc1. The molecular weight excluding hydrogens is 414 g/mol. The number of para-hydroxylation sites is 1. The molecule has 0 bridgehead atoms. The number of carbonyl (C=O) groups excluding carboxylic acids is 1. The van der Waals surface area contributed by atoms with E-state index in [1.807, 2.05) is 47.0 Å². The summed E-state index contributed by atoms with van der Waals surface area (Å²) < 4.78 is 12.7. The highest BCUT2D eigenvalue weighted by Crippen LogP contribution is 2.28. The maximum atomic E-state index is 12.9. The van der Waals surface area contributed by atoms with Gasteiger partial charge in [0.1, 0.15) is 5.76 Å². The van der Waals surface area contributed by atoms with E-state index in [0.717, 1.165) is 5.69 Å². The Hall–Kier alpha value is -3.77. The third-order valence-electron chi connectivity index (χ3n) is 4.49. The van der Waals surface area contributed by atoms with Crippen LogP contribution in [0.4, 0.5) is 0 Å². The van der Waals surface area contributed by atoms with Crippen LogP contribution in [0.5, 0.6) is 0 Å². The second kappa shape index (κ2) is 9.82. The fourth-order valence-corrected chi connectivity index (χ4v) is 3.88. The van der Waals surface area contributed by atoms with Gasteiger partial charge in [-0.2, -0.15) is 5.26 Å². The zero-order valence-electron chi connectivity index (χ0n) is 16.5. The molecule has 1 amide bonds. The number of hydrogen-bond donors (Lipinski definition) is 0. The van der Waals surface area contributed by atoms with Gasteiger partial charge in [-0.1, -0.05) is 30.0 Å². The lowest BCUT2D eigenvalue weighted by Gasteiger charge is -2.20. The fourth-order valence-electron chi connectivity index (χ4n) is 3.02. The molecule has 9 heteroatoms. The zero-order valence-corrected chi connectivity index (χ0v) is 17.4. The summed E-state index contributed by atoms with van der Waals surface area (Å²) in [4.78, 5) is 14.5. The lowest BCUT2D eigenvalue weighted by Crippen LogP contribution is -2.32. The number of hydrogen-bond acceptors (Lipinski definition) is 7. The van der Waals surface area contributed by atoms with Gasteiger partial charge in [-0.3, -0.25) is 9.36 Å². The lowest BCUT2D eigenvalue weighted by molar-refractivity contribution is -0.129. The molecule has 0 spiro atoms. The van der Waals surface area contributed by atoms with Crippen LogP contribution in [0.1, 0.15) is 12.2 Å². The number of rotatable bonds is 9. The Morgan fingerprint density at radius 3 is 2.58 bits per heavy atom. The van der Waals surface area contributed by atoms with Crippen molar-refractivity contribution < 1.29 is 13.6 Å². The number of thioether (sulfide) groups is 1. The summed E-state index contributed by atoms with van der Waals surface area (Å²) in [6, 6.07) is 18.9. The maximum absolute atomic E-state index is 12.9. The summed E-state index contributed by atoms with van der Waals surface area (Å²) in [5, 5.41) is 18.1. The highest BCUT2D eigenvalue weighted by Gasteiger charge is 2.21. The standard InChI is InChI=1S/C22H19N5O3S/c23-11-6-12-26(15-18-9-4-13-29-18)20(28)16-31-22-25-24-21(19-10-5-14-30-19)27(22)17-7-2-1-3-8-17/h1-5,7-10,13-14H,6,12,15-16H2. The van der Waals surface area contributed by atoms with E-state index in [1.54, 1.807) is 29.6 Å². The van der Waals surface area contributed by atoms with Crippen LogP contribution < -0.4 is 0 Å². The normalized spacial score (nSPS) is 10.7. The zero-order chi connectivity index (χ0) is 21.5. The molecule has 0 aliphatic heterocycles. The molecule has 0 aliphatic carbocycles. The number of carbonyl (C=O) groups is 1. The Morgan fingerprint density at radius 1 is 1.06 bits per heavy atom. The third-order valence-corrected chi connectivity index (χ3v) is 5.40. The molecule has 0 N–H and O–H groups in total. The van der Waals surface area contributed by atoms with Gasteiger partial charge in [-0.15, -0.1) is 10.2 Å². The quantitative estimate of drug-likeness (QED) is 0.365. The molecule has 3 aromatic heterocycles. The molecule has 0 aliphatic rings. The topological polar surface area (TPSA) is 101 Å². The van der Waals surface area contributed by atoms with E-state index in [0.29, 0.717) is 35.6 Å². The molecule has 0 atom stereocenters. The predicted octanol–water partition coefficient (Wildman–Crippen LogP) is 4.15. The van der Waals surface area contributed by atoms with Crippen molar-refractivity contribution in [1.82, 2.24) is 19.7 Å². The Bertz CT molecular complexity index is 1150. The first kappa shape index (κ1) is 20.5. The van der Waals surface area contributed by atoms with E-state index < -0.39 is 0 Å². The van der Waals surface area contributed by atoms with E-state index in [2.05, 4.69) is 16.3 Å². The number of benzene rings is 1. The molecule has 0 unspecified atom stereocenters. The Balaban J connectivity index is 1.54. The molecule has 0 saturated carbocycles. The molecule has 0 radical (unpaired) electrons. The van der Waals surface area contributed by atoms with Gasteiger partial charge in [0.15, 0.2) is 10.9 Å². The molecule has 1 aromatic carbocycles. The van der Waals surface area contributed by atoms with Gasteiger partial charge in [0, 0.05) is 12.2 Å². The molecule has 0 fully saturated rings. The van der Waals surface area contributed by atoms with Crippen molar-refractivity contribution in [2.24, 2.45) is 0 Å². The lowest BCUT2D eigenvalue weighted by atomic mass is 10.3. The molecular formula is C22H19N5O3S. The molecule has 3 heterocycles. The summed E-state index contributed by atoms with van der Waals surface area (Å²) in [6.07, 6.45) is 3.40. The molecule has 8 nitrogen and oxygen atoms in total. The minimum absolute atomic E-state index is 0.112. The number of amides is 1. The summed E-state index contributed by atoms with van der Waals surface area (Å²) in [5.41, 5.74) is 0.866. The van der Waals surface area contributed by atoms with Crippen molar-refractivity contribution in [3.63, 3.8) is 0 Å². The van der Waals surface area contributed by atoms with Crippen molar-refractivity contribution in [3.05, 3.63) is 72.9 Å². The minimum atomic E-state index is -0.112. The van der Waals surface area contributed by atoms with E-state index in [1.165, 1.54) is 11.8 Å². The Labute approximate surface area is 183 Å². The summed E-state index contributed by atoms with van der Waals surface area (Å²) in [7, 11) is 0. The number of aromatic nitrogens is 3. The highest BCUT2D eigenvalue weighted by molar-refractivity contribution is 7.99. The second-order valence-electron chi connectivity index (χ2n) is 6.55. The van der Waals surface area contributed by atoms with E-state index >= 15 is 0 Å². The van der Waals surface area contributed by atoms with Gasteiger partial charge in [0.2, 0.25) is 11.7 Å². The largest absolute Gasteiger partial charge is 0.467 e. The number of furan rings is 2. The first-order valence-electron chi connectivity index (χ1n) is 9.61. The monoisotopic (exact) mass is 433 g/mol. The average molecular weight is 433 g/mol. The van der Waals surface area contributed by atoms with Crippen LogP contribution in [0.25, 0.3) is 17.3 Å². The average Bonchev–Trinajstić information content (AvgIpc) is 3.57. The van der Waals surface area contributed by atoms with E-state index in [9.17, 15) is 4.79 Å². The van der Waals surface area contributed by atoms with Crippen molar-refractivity contribution in [2.45, 2.75) is 18.1 Å². The van der Waals surface area contributed by atoms with Crippen LogP contribution in [0.2, 0.25) is 0 Å². The van der Waals surface area contributed by atoms with Gasteiger partial charge < -0.3 is 13.7 Å². The van der Waals surface area contributed by atoms with Crippen molar-refractivity contribution in [1.29, 1.82) is 5.26 Å². The van der Waals surface area contributed by atoms with Gasteiger partial charge in [0.25, 0.3) is 0 Å². The van der Waals surface area contributed by atoms with Gasteiger partial charge >= 0.3 is 0 Å². The van der Waals surface area contributed by atoms with Crippen LogP contribution >= 0.6 is 11.8 Å². The van der Waals surface area contributed by atoms with Crippen molar-refractivity contribution in [2.75, 3.05) is 12.3 Å². The first-order valence-corrected chi connectivity index (χ1v) is 10.6. The maximum Gasteiger partial charge on any atom is 0.233 e. The van der Waals surface area contributed by atoms with Crippen molar-refractivity contribution >= 4 is 17.7 Å². The fraction of sp³-hybridized carbons (Fsp3) is 0.182. The molecule has 31 heavy (non-hydrogen) atoms. The van der Waals surface area contributed by atoms with Gasteiger partial charge in [0.05, 0.1) is 37.3 Å². The third kappa shape index (κ3) is 4.87. The predicted molar refractivity (Wildman–Crippen MR) is 114 cm³/mol. The van der Waals surface area contributed by atoms with Crippen LogP contribution in [0.15, 0.2) is 81.1 Å². The minimum Gasteiger partial charge on any atom is -0.467 e. The van der Waals surface area contributed by atoms with Gasteiger partial charge in [-0.25, -0.2) is 0 Å². The van der Waals surface area contributed by atoms with Crippen LogP contribution in [0.3, 0.4) is 0 Å². The summed E-state index contributed by atoms with van der Waals surface area (Å²) >= 11 is 1.29. The highest BCUT2D eigenvalue weighted by atomic mass is 32.2. The summed E-state index contributed by atoms with van der Waals surface area (Å²) in [5.74, 6) is 1.85. The van der Waals surface area contributed by atoms with Crippen LogP contribution in [-0.4, -0.2) is 37.9 Å². The Kier molecular flexibility index (Phi) is 6.50. The Morgan fingerprint density at radius 2 is 1.87 bits per heavy atom. The first-order chi connectivity index (χ1) is 15.3. The van der Waals surface area contributed by atoms with Gasteiger partial charge in [-0.05, 0) is 36.4 Å². The number of nitriles is 1. The molecule has 4 aromatic rings. The van der Waals surface area contributed by atoms with E-state index in [4.69, 9.17) is 14.1 Å². The summed E-state index contributed by atoms with van der Waals surface area (Å²) in [6.45, 7) is 0.650. The molecule has 4 rings (SSSR count). The second-order valence-corrected chi connectivity index (χ2v) is 7.49. The van der Waals surface area contributed by atoms with Crippen molar-refractivity contribution in [3.8, 4) is 23.3 Å². The molecule has 156 valence electrons. The smallest absolute Gasteiger partial charge is 0.233 e. The van der Waals surface area contributed by atoms with Crippen LogP contribution in [0, 0.1) is 11.3 Å². The molecule has 0 saturated heterocycles. The van der Waals surface area contributed by atoms with Crippen LogP contribution in [-0.2, 0) is 11.3 Å². The number of nitrogens with zero attached hydrogens (tertiary/aromatic N) is 5.